The smallest absolute Gasteiger partial charge is 0.396 e. The molecule has 94 valence electrons. The number of carbonyl (C=O) groups is 1. The van der Waals surface area contributed by atoms with Crippen molar-refractivity contribution in [2.45, 2.75) is 12.6 Å². The average Bonchev–Trinajstić information content (AvgIpc) is 2.63. The summed E-state index contributed by atoms with van der Waals surface area (Å²) in [7, 11) is 0. The van der Waals surface area contributed by atoms with Gasteiger partial charge in [-0.2, -0.15) is 13.2 Å². The summed E-state index contributed by atoms with van der Waals surface area (Å²) in [4.78, 5) is 12.8. The van der Waals surface area contributed by atoms with Gasteiger partial charge in [0.1, 0.15) is 13.2 Å². The number of amides is 1. The summed E-state index contributed by atoms with van der Waals surface area (Å²) in [6.07, 6.45) is -3.72. The molecule has 16 heavy (non-hydrogen) atoms. The third kappa shape index (κ3) is 4.36. The molecule has 0 aliphatic carbocycles. The second kappa shape index (κ2) is 5.49. The molecule has 0 aromatic rings. The van der Waals surface area contributed by atoms with Crippen molar-refractivity contribution in [1.29, 1.82) is 0 Å². The molecule has 0 spiro atoms. The van der Waals surface area contributed by atoms with Crippen LogP contribution in [0.4, 0.5) is 13.2 Å². The molecule has 1 N–H and O–H groups in total. The minimum atomic E-state index is -4.40. The molecule has 0 bridgehead atoms. The van der Waals surface area contributed by atoms with Crippen LogP contribution >= 0.6 is 0 Å². The Morgan fingerprint density at radius 1 is 1.50 bits per heavy atom. The summed E-state index contributed by atoms with van der Waals surface area (Å²) >= 11 is 0. The second-order valence-corrected chi connectivity index (χ2v) is 3.79. The van der Waals surface area contributed by atoms with Crippen LogP contribution in [0.5, 0.6) is 0 Å². The summed E-state index contributed by atoms with van der Waals surface area (Å²) < 4.78 is 39.4. The van der Waals surface area contributed by atoms with E-state index in [0.717, 1.165) is 0 Å². The van der Waals surface area contributed by atoms with E-state index in [1.807, 2.05) is 0 Å². The van der Waals surface area contributed by atoms with Gasteiger partial charge in [0.2, 0.25) is 5.91 Å². The number of rotatable bonds is 4. The van der Waals surface area contributed by atoms with Crippen molar-refractivity contribution in [1.82, 2.24) is 4.90 Å². The highest BCUT2D eigenvalue weighted by Gasteiger charge is 2.29. The van der Waals surface area contributed by atoms with Gasteiger partial charge < -0.3 is 14.7 Å². The second-order valence-electron chi connectivity index (χ2n) is 3.79. The lowest BCUT2D eigenvalue weighted by molar-refractivity contribution is -0.177. The molecule has 4 nitrogen and oxygen atoms in total. The molecule has 1 saturated heterocycles. The molecule has 0 aromatic heterocycles. The van der Waals surface area contributed by atoms with Crippen LogP contribution in [-0.4, -0.2) is 55.0 Å². The van der Waals surface area contributed by atoms with Gasteiger partial charge in [0.25, 0.3) is 0 Å². The van der Waals surface area contributed by atoms with Crippen molar-refractivity contribution in [3.63, 3.8) is 0 Å². The Hall–Kier alpha value is -0.820. The minimum absolute atomic E-state index is 0.00676. The van der Waals surface area contributed by atoms with Crippen LogP contribution in [0.1, 0.15) is 6.42 Å². The van der Waals surface area contributed by atoms with Gasteiger partial charge in [-0.1, -0.05) is 0 Å². The SMILES string of the molecule is O=C(COCC(F)(F)F)N1CCC(CO)C1. The van der Waals surface area contributed by atoms with Crippen molar-refractivity contribution in [3.8, 4) is 0 Å². The van der Waals surface area contributed by atoms with Crippen LogP contribution < -0.4 is 0 Å². The predicted octanol–water partition coefficient (Wildman–Crippen LogP) is 0.406. The quantitative estimate of drug-likeness (QED) is 0.775. The van der Waals surface area contributed by atoms with E-state index in [2.05, 4.69) is 4.74 Å². The first-order valence-electron chi connectivity index (χ1n) is 4.95. The Bertz CT molecular complexity index is 245. The highest BCUT2D eigenvalue weighted by atomic mass is 19.4. The number of aliphatic hydroxyl groups is 1. The van der Waals surface area contributed by atoms with Crippen LogP contribution in [0, 0.1) is 5.92 Å². The van der Waals surface area contributed by atoms with Crippen LogP contribution in [-0.2, 0) is 9.53 Å². The first-order chi connectivity index (χ1) is 7.42. The van der Waals surface area contributed by atoms with Crippen molar-refractivity contribution >= 4 is 5.91 Å². The number of hydrogen-bond acceptors (Lipinski definition) is 3. The molecule has 1 atom stereocenters. The lowest BCUT2D eigenvalue weighted by atomic mass is 10.1. The van der Waals surface area contributed by atoms with Crippen LogP contribution in [0.3, 0.4) is 0 Å². The van der Waals surface area contributed by atoms with Crippen LogP contribution in [0.25, 0.3) is 0 Å². The standard InChI is InChI=1S/C9H14F3NO3/c10-9(11,12)6-16-5-8(15)13-2-1-7(3-13)4-14/h7,14H,1-6H2. The fourth-order valence-corrected chi connectivity index (χ4v) is 1.55. The van der Waals surface area contributed by atoms with Crippen LogP contribution in [0.15, 0.2) is 0 Å². The van der Waals surface area contributed by atoms with E-state index in [9.17, 15) is 18.0 Å². The van der Waals surface area contributed by atoms with Gasteiger partial charge in [-0.05, 0) is 6.42 Å². The van der Waals surface area contributed by atoms with Gasteiger partial charge in [0.15, 0.2) is 0 Å². The molecular formula is C9H14F3NO3. The summed E-state index contributed by atoms with van der Waals surface area (Å²) in [6, 6.07) is 0. The van der Waals surface area contributed by atoms with E-state index in [4.69, 9.17) is 5.11 Å². The van der Waals surface area contributed by atoms with Gasteiger partial charge in [-0.15, -0.1) is 0 Å². The minimum Gasteiger partial charge on any atom is -0.396 e. The molecule has 7 heteroatoms. The van der Waals surface area contributed by atoms with E-state index in [-0.39, 0.29) is 12.5 Å². The van der Waals surface area contributed by atoms with E-state index in [1.165, 1.54) is 4.90 Å². The Balaban J connectivity index is 2.21. The highest BCUT2D eigenvalue weighted by molar-refractivity contribution is 5.77. The molecule has 1 aliphatic rings. The van der Waals surface area contributed by atoms with E-state index >= 15 is 0 Å². The molecule has 1 unspecified atom stereocenters. The molecule has 0 radical (unpaired) electrons. The van der Waals surface area contributed by atoms with Gasteiger partial charge in [0.05, 0.1) is 0 Å². The summed E-state index contributed by atoms with van der Waals surface area (Å²) in [6.45, 7) is -1.11. The molecule has 1 fully saturated rings. The maximum Gasteiger partial charge on any atom is 0.411 e. The van der Waals surface area contributed by atoms with Gasteiger partial charge in [-0.25, -0.2) is 0 Å². The first kappa shape index (κ1) is 13.2. The van der Waals surface area contributed by atoms with Crippen molar-refractivity contribution < 1.29 is 27.8 Å². The van der Waals surface area contributed by atoms with E-state index < -0.39 is 25.3 Å². The van der Waals surface area contributed by atoms with Crippen molar-refractivity contribution in [3.05, 3.63) is 0 Å². The molecule has 1 amide bonds. The molecular weight excluding hydrogens is 227 g/mol. The van der Waals surface area contributed by atoms with Crippen molar-refractivity contribution in [2.24, 2.45) is 5.92 Å². The Kier molecular flexibility index (Phi) is 4.55. The lowest BCUT2D eigenvalue weighted by Gasteiger charge is -2.16. The fraction of sp³-hybridized carbons (Fsp3) is 0.889. The number of ether oxygens (including phenoxy) is 1. The molecule has 1 aliphatic heterocycles. The predicted molar refractivity (Wildman–Crippen MR) is 48.6 cm³/mol. The molecule has 1 rings (SSSR count). The number of halogens is 3. The first-order valence-corrected chi connectivity index (χ1v) is 4.95. The zero-order valence-corrected chi connectivity index (χ0v) is 8.66. The molecule has 0 saturated carbocycles. The maximum absolute atomic E-state index is 11.7. The Labute approximate surface area is 91.0 Å². The van der Waals surface area contributed by atoms with Gasteiger partial charge >= 0.3 is 6.18 Å². The largest absolute Gasteiger partial charge is 0.411 e. The number of nitrogens with zero attached hydrogens (tertiary/aromatic N) is 1. The summed E-state index contributed by atoms with van der Waals surface area (Å²) in [5.74, 6) is -0.424. The molecule has 0 aromatic carbocycles. The van der Waals surface area contributed by atoms with Crippen molar-refractivity contribution in [2.75, 3.05) is 32.9 Å². The third-order valence-corrected chi connectivity index (χ3v) is 2.39. The van der Waals surface area contributed by atoms with E-state index in [0.29, 0.717) is 19.5 Å². The average molecular weight is 241 g/mol. The maximum atomic E-state index is 11.7. The lowest BCUT2D eigenvalue weighted by Crippen LogP contribution is -2.33. The van der Waals surface area contributed by atoms with Crippen LogP contribution in [0.2, 0.25) is 0 Å². The monoisotopic (exact) mass is 241 g/mol. The summed E-state index contributed by atoms with van der Waals surface area (Å²) in [5, 5.41) is 8.83. The fourth-order valence-electron chi connectivity index (χ4n) is 1.55. The Morgan fingerprint density at radius 3 is 2.69 bits per heavy atom. The highest BCUT2D eigenvalue weighted by Crippen LogP contribution is 2.17. The number of alkyl halides is 3. The Morgan fingerprint density at radius 2 is 2.19 bits per heavy atom. The summed E-state index contributed by atoms with van der Waals surface area (Å²) in [5.41, 5.74) is 0. The number of hydrogen-bond donors (Lipinski definition) is 1. The topological polar surface area (TPSA) is 49.8 Å². The zero-order chi connectivity index (χ0) is 12.2. The van der Waals surface area contributed by atoms with Gasteiger partial charge in [-0.3, -0.25) is 4.79 Å². The zero-order valence-electron chi connectivity index (χ0n) is 8.66. The third-order valence-electron chi connectivity index (χ3n) is 2.39. The number of likely N-dealkylation sites (tertiary alicyclic amines) is 1. The van der Waals surface area contributed by atoms with E-state index in [1.54, 1.807) is 0 Å². The molecule has 1 heterocycles. The number of aliphatic hydroxyl groups excluding tert-OH is 1. The number of carbonyl (C=O) groups excluding carboxylic acids is 1. The van der Waals surface area contributed by atoms with Gasteiger partial charge in [0, 0.05) is 25.6 Å². The normalized spacial score (nSPS) is 21.5.